The molecule has 3 heteroatoms. The van der Waals surface area contributed by atoms with Crippen molar-refractivity contribution in [3.8, 4) is 6.07 Å². The zero-order valence-electron chi connectivity index (χ0n) is 11.8. The number of benzene rings is 1. The second-order valence-corrected chi connectivity index (χ2v) is 5.13. The van der Waals surface area contributed by atoms with Crippen LogP contribution in [0.2, 0.25) is 0 Å². The molecule has 0 fully saturated rings. The molecular formula is C15H23N3. The van der Waals surface area contributed by atoms with Crippen molar-refractivity contribution in [1.82, 2.24) is 10.2 Å². The predicted molar refractivity (Wildman–Crippen MR) is 75.4 cm³/mol. The van der Waals surface area contributed by atoms with Crippen LogP contribution < -0.4 is 5.32 Å². The van der Waals surface area contributed by atoms with Crippen molar-refractivity contribution in [2.75, 3.05) is 20.6 Å². The number of nitrogens with zero attached hydrogens (tertiary/aromatic N) is 2. The van der Waals surface area contributed by atoms with Gasteiger partial charge in [0, 0.05) is 12.6 Å². The lowest BCUT2D eigenvalue weighted by atomic mass is 10.1. The lowest BCUT2D eigenvalue weighted by Gasteiger charge is -2.17. The molecule has 1 aromatic carbocycles. The third-order valence-corrected chi connectivity index (χ3v) is 3.12. The monoisotopic (exact) mass is 245 g/mol. The highest BCUT2D eigenvalue weighted by Crippen LogP contribution is 2.10. The van der Waals surface area contributed by atoms with E-state index in [-0.39, 0.29) is 0 Å². The molecule has 1 rings (SSSR count). The van der Waals surface area contributed by atoms with Crippen molar-refractivity contribution in [1.29, 1.82) is 5.26 Å². The van der Waals surface area contributed by atoms with Crippen molar-refractivity contribution in [2.45, 2.75) is 32.9 Å². The van der Waals surface area contributed by atoms with E-state index in [1.54, 1.807) is 0 Å². The Morgan fingerprint density at radius 2 is 2.11 bits per heavy atom. The minimum absolute atomic E-state index is 0.502. The van der Waals surface area contributed by atoms with E-state index in [2.05, 4.69) is 44.2 Å². The molecule has 1 aromatic rings. The maximum absolute atomic E-state index is 8.82. The van der Waals surface area contributed by atoms with Crippen LogP contribution in [0, 0.1) is 18.3 Å². The van der Waals surface area contributed by atoms with Crippen LogP contribution in [-0.4, -0.2) is 31.6 Å². The molecule has 1 N–H and O–H groups in total. The van der Waals surface area contributed by atoms with Gasteiger partial charge in [-0.15, -0.1) is 0 Å². The van der Waals surface area contributed by atoms with Gasteiger partial charge in [0.05, 0.1) is 11.6 Å². The van der Waals surface area contributed by atoms with Gasteiger partial charge < -0.3 is 10.2 Å². The standard InChI is InChI=1S/C15H23N3/c1-12-9-14(10-16)5-6-15(12)11-17-13(2)7-8-18(3)4/h5-6,9,13,17H,7-8,11H2,1-4H3. The average molecular weight is 245 g/mol. The number of nitriles is 1. The van der Waals surface area contributed by atoms with Gasteiger partial charge in [0.25, 0.3) is 0 Å². The van der Waals surface area contributed by atoms with E-state index in [9.17, 15) is 0 Å². The van der Waals surface area contributed by atoms with Crippen molar-refractivity contribution >= 4 is 0 Å². The predicted octanol–water partition coefficient (Wildman–Crippen LogP) is 2.30. The smallest absolute Gasteiger partial charge is 0.0991 e. The molecule has 0 spiro atoms. The summed E-state index contributed by atoms with van der Waals surface area (Å²) in [5.41, 5.74) is 3.18. The first-order chi connectivity index (χ1) is 8.52. The summed E-state index contributed by atoms with van der Waals surface area (Å²) in [6.07, 6.45) is 1.14. The van der Waals surface area contributed by atoms with Gasteiger partial charge in [0.15, 0.2) is 0 Å². The fourth-order valence-electron chi connectivity index (χ4n) is 1.80. The first kappa shape index (κ1) is 14.7. The Bertz CT molecular complexity index is 418. The molecule has 0 aromatic heterocycles. The van der Waals surface area contributed by atoms with E-state index in [0.717, 1.165) is 25.1 Å². The maximum Gasteiger partial charge on any atom is 0.0991 e. The highest BCUT2D eigenvalue weighted by molar-refractivity contribution is 5.37. The molecule has 1 atom stereocenters. The molecule has 0 bridgehead atoms. The van der Waals surface area contributed by atoms with Crippen LogP contribution >= 0.6 is 0 Å². The second-order valence-electron chi connectivity index (χ2n) is 5.13. The Morgan fingerprint density at radius 3 is 2.67 bits per heavy atom. The van der Waals surface area contributed by atoms with E-state index < -0.39 is 0 Å². The number of hydrogen-bond donors (Lipinski definition) is 1. The summed E-state index contributed by atoms with van der Waals surface area (Å²) in [7, 11) is 4.19. The van der Waals surface area contributed by atoms with Crippen molar-refractivity contribution in [3.63, 3.8) is 0 Å². The summed E-state index contributed by atoms with van der Waals surface area (Å²) in [6, 6.07) is 8.54. The Morgan fingerprint density at radius 1 is 1.39 bits per heavy atom. The van der Waals surface area contributed by atoms with Crippen molar-refractivity contribution in [2.24, 2.45) is 0 Å². The summed E-state index contributed by atoms with van der Waals surface area (Å²) in [5, 5.41) is 12.3. The van der Waals surface area contributed by atoms with Crippen LogP contribution in [0.25, 0.3) is 0 Å². The van der Waals surface area contributed by atoms with E-state index in [1.807, 2.05) is 18.2 Å². The highest BCUT2D eigenvalue weighted by atomic mass is 15.1. The minimum atomic E-state index is 0.502. The molecule has 0 saturated heterocycles. The number of nitrogens with one attached hydrogen (secondary N) is 1. The van der Waals surface area contributed by atoms with Gasteiger partial charge in [-0.05, 0) is 64.2 Å². The molecule has 0 amide bonds. The Labute approximate surface area is 110 Å². The maximum atomic E-state index is 8.82. The Balaban J connectivity index is 2.46. The SMILES string of the molecule is Cc1cc(C#N)ccc1CNC(C)CCN(C)C. The molecule has 0 aliphatic carbocycles. The molecule has 3 nitrogen and oxygen atoms in total. The summed E-state index contributed by atoms with van der Waals surface area (Å²) < 4.78 is 0. The zero-order chi connectivity index (χ0) is 13.5. The van der Waals surface area contributed by atoms with E-state index in [4.69, 9.17) is 5.26 Å². The largest absolute Gasteiger partial charge is 0.310 e. The molecule has 98 valence electrons. The fourth-order valence-corrected chi connectivity index (χ4v) is 1.80. The van der Waals surface area contributed by atoms with Gasteiger partial charge in [-0.1, -0.05) is 6.07 Å². The molecule has 0 aliphatic rings. The lowest BCUT2D eigenvalue weighted by Crippen LogP contribution is -2.29. The fraction of sp³-hybridized carbons (Fsp3) is 0.533. The first-order valence-electron chi connectivity index (χ1n) is 6.40. The molecule has 0 saturated carbocycles. The van der Waals surface area contributed by atoms with Crippen LogP contribution in [0.4, 0.5) is 0 Å². The molecule has 0 radical (unpaired) electrons. The van der Waals surface area contributed by atoms with Gasteiger partial charge in [0.2, 0.25) is 0 Å². The van der Waals surface area contributed by atoms with Crippen molar-refractivity contribution in [3.05, 3.63) is 34.9 Å². The van der Waals surface area contributed by atoms with Gasteiger partial charge in [0.1, 0.15) is 0 Å². The topological polar surface area (TPSA) is 39.1 Å². The van der Waals surface area contributed by atoms with Crippen LogP contribution in [0.5, 0.6) is 0 Å². The van der Waals surface area contributed by atoms with Crippen LogP contribution in [0.15, 0.2) is 18.2 Å². The normalized spacial score (nSPS) is 12.4. The van der Waals surface area contributed by atoms with Crippen LogP contribution in [-0.2, 0) is 6.54 Å². The highest BCUT2D eigenvalue weighted by Gasteiger charge is 2.04. The summed E-state index contributed by atoms with van der Waals surface area (Å²) in [4.78, 5) is 2.20. The summed E-state index contributed by atoms with van der Waals surface area (Å²) >= 11 is 0. The van der Waals surface area contributed by atoms with Gasteiger partial charge in [-0.2, -0.15) is 5.26 Å². The van der Waals surface area contributed by atoms with Crippen LogP contribution in [0.3, 0.4) is 0 Å². The average Bonchev–Trinajstić information content (AvgIpc) is 2.34. The summed E-state index contributed by atoms with van der Waals surface area (Å²) in [5.74, 6) is 0. The van der Waals surface area contributed by atoms with Crippen LogP contribution in [0.1, 0.15) is 30.0 Å². The summed E-state index contributed by atoms with van der Waals surface area (Å²) in [6.45, 7) is 6.23. The molecular weight excluding hydrogens is 222 g/mol. The van der Waals surface area contributed by atoms with E-state index >= 15 is 0 Å². The Hall–Kier alpha value is -1.37. The van der Waals surface area contributed by atoms with Gasteiger partial charge in [-0.25, -0.2) is 0 Å². The van der Waals surface area contributed by atoms with Gasteiger partial charge >= 0.3 is 0 Å². The van der Waals surface area contributed by atoms with Gasteiger partial charge in [-0.3, -0.25) is 0 Å². The third-order valence-electron chi connectivity index (χ3n) is 3.12. The number of aryl methyl sites for hydroxylation is 1. The zero-order valence-corrected chi connectivity index (χ0v) is 11.8. The van der Waals surface area contributed by atoms with Crippen molar-refractivity contribution < 1.29 is 0 Å². The quantitative estimate of drug-likeness (QED) is 0.836. The second kappa shape index (κ2) is 7.15. The molecule has 0 aliphatic heterocycles. The molecule has 18 heavy (non-hydrogen) atoms. The van der Waals surface area contributed by atoms with E-state index in [0.29, 0.717) is 6.04 Å². The first-order valence-corrected chi connectivity index (χ1v) is 6.40. The molecule has 0 heterocycles. The Kier molecular flexibility index (Phi) is 5.84. The van der Waals surface area contributed by atoms with E-state index in [1.165, 1.54) is 11.1 Å². The lowest BCUT2D eigenvalue weighted by molar-refractivity contribution is 0.365. The number of rotatable bonds is 6. The molecule has 1 unspecified atom stereocenters. The third kappa shape index (κ3) is 4.87. The minimum Gasteiger partial charge on any atom is -0.310 e. The number of hydrogen-bond acceptors (Lipinski definition) is 3.